The van der Waals surface area contributed by atoms with Crippen LogP contribution in [0.15, 0.2) is 12.1 Å². The van der Waals surface area contributed by atoms with E-state index in [1.54, 1.807) is 11.6 Å². The first kappa shape index (κ1) is 28.0. The average Bonchev–Trinajstić information content (AvgIpc) is 3.52. The van der Waals surface area contributed by atoms with Crippen LogP contribution in [0.3, 0.4) is 0 Å². The zero-order valence-electron chi connectivity index (χ0n) is 24.0. The summed E-state index contributed by atoms with van der Waals surface area (Å²) in [5.74, 6) is -1.02. The van der Waals surface area contributed by atoms with Crippen molar-refractivity contribution in [2.24, 2.45) is 23.8 Å². The largest absolute Gasteiger partial charge is 0.487 e. The maximum absolute atomic E-state index is 14.4. The standard InChI is InChI=1S/C30H38ClN5O5/c1-18-22(32-33-34(18)3)16-41-24-8-7-21(31)19-9-13-36(27(38)20-6-4-5-10-29(20,2)28(39)40)23(26(19)24)15-35-17-30(11-12-30)14-25(35)37/h7-8,20,23H,4-6,9-17H2,1-3H3,(H,39,40)/t20-,23?,29-/m0/s1. The summed E-state index contributed by atoms with van der Waals surface area (Å²) in [7, 11) is 1.82. The number of halogens is 1. The second-order valence-corrected chi connectivity index (χ2v) is 13.1. The van der Waals surface area contributed by atoms with E-state index in [9.17, 15) is 19.5 Å². The van der Waals surface area contributed by atoms with Crippen molar-refractivity contribution in [3.63, 3.8) is 0 Å². The topological polar surface area (TPSA) is 118 Å². The van der Waals surface area contributed by atoms with Crippen LogP contribution < -0.4 is 4.74 Å². The van der Waals surface area contributed by atoms with Gasteiger partial charge in [-0.1, -0.05) is 29.7 Å². The molecule has 2 aromatic rings. The van der Waals surface area contributed by atoms with Crippen molar-refractivity contribution in [1.29, 1.82) is 0 Å². The fraction of sp³-hybridized carbons (Fsp3) is 0.633. The van der Waals surface area contributed by atoms with Crippen LogP contribution in [0.2, 0.25) is 5.02 Å². The predicted octanol–water partition coefficient (Wildman–Crippen LogP) is 4.08. The van der Waals surface area contributed by atoms with Crippen LogP contribution >= 0.6 is 11.6 Å². The van der Waals surface area contributed by atoms with Gasteiger partial charge in [0.15, 0.2) is 0 Å². The predicted molar refractivity (Wildman–Crippen MR) is 150 cm³/mol. The lowest BCUT2D eigenvalue weighted by Gasteiger charge is -2.45. The maximum atomic E-state index is 14.4. The molecule has 1 spiro atoms. The fourth-order valence-corrected chi connectivity index (χ4v) is 7.40. The minimum Gasteiger partial charge on any atom is -0.487 e. The summed E-state index contributed by atoms with van der Waals surface area (Å²) in [5, 5.41) is 19.1. The number of rotatable bonds is 7. The molecule has 1 saturated heterocycles. The monoisotopic (exact) mass is 583 g/mol. The van der Waals surface area contributed by atoms with Gasteiger partial charge in [0.25, 0.3) is 0 Å². The number of aliphatic carboxylic acids is 1. The second kappa shape index (κ2) is 10.3. The summed E-state index contributed by atoms with van der Waals surface area (Å²) in [4.78, 5) is 43.7. The molecule has 4 aliphatic rings. The van der Waals surface area contributed by atoms with Crippen LogP contribution in [0.25, 0.3) is 0 Å². The Balaban J connectivity index is 1.38. The number of fused-ring (bicyclic) bond motifs is 1. The number of aromatic nitrogens is 3. The third-order valence-corrected chi connectivity index (χ3v) is 10.5. The van der Waals surface area contributed by atoms with Gasteiger partial charge in [-0.15, -0.1) is 5.10 Å². The van der Waals surface area contributed by atoms with Gasteiger partial charge in [0.1, 0.15) is 18.1 Å². The lowest BCUT2D eigenvalue weighted by Crippen LogP contribution is -2.52. The molecule has 0 radical (unpaired) electrons. The summed E-state index contributed by atoms with van der Waals surface area (Å²) in [6, 6.07) is 3.14. The second-order valence-electron chi connectivity index (χ2n) is 12.7. The van der Waals surface area contributed by atoms with Crippen LogP contribution in [-0.4, -0.2) is 67.3 Å². The Morgan fingerprint density at radius 3 is 2.66 bits per heavy atom. The zero-order valence-corrected chi connectivity index (χ0v) is 24.7. The van der Waals surface area contributed by atoms with Crippen molar-refractivity contribution in [1.82, 2.24) is 24.8 Å². The van der Waals surface area contributed by atoms with E-state index in [0.717, 1.165) is 42.5 Å². The van der Waals surface area contributed by atoms with Gasteiger partial charge in [-0.3, -0.25) is 19.1 Å². The van der Waals surface area contributed by atoms with Crippen LogP contribution in [-0.2, 0) is 34.5 Å². The smallest absolute Gasteiger partial charge is 0.310 e. The summed E-state index contributed by atoms with van der Waals surface area (Å²) in [6.45, 7) is 5.25. The fourth-order valence-electron chi connectivity index (χ4n) is 7.14. The van der Waals surface area contributed by atoms with E-state index < -0.39 is 23.3 Å². The van der Waals surface area contributed by atoms with E-state index in [1.807, 2.05) is 35.9 Å². The maximum Gasteiger partial charge on any atom is 0.310 e. The number of carbonyl (C=O) groups is 3. The van der Waals surface area contributed by atoms with Crippen molar-refractivity contribution in [2.75, 3.05) is 19.6 Å². The Morgan fingerprint density at radius 1 is 1.22 bits per heavy atom. The molecule has 1 N–H and O–H groups in total. The number of carboxylic acids is 1. The minimum atomic E-state index is -1.13. The Labute approximate surface area is 245 Å². The molecule has 3 heterocycles. The lowest BCUT2D eigenvalue weighted by atomic mass is 9.66. The molecule has 2 amide bonds. The molecule has 3 atom stereocenters. The SMILES string of the molecule is Cc1c(COc2ccc(Cl)c3c2C(CN2CC4(CC4)CC2=O)N(C(=O)[C@@H]2CCCC[C@]2(C)C(=O)O)CC3)nnn1C. The Bertz CT molecular complexity index is 1400. The van der Waals surface area contributed by atoms with E-state index >= 15 is 0 Å². The molecule has 1 aromatic carbocycles. The molecule has 1 unspecified atom stereocenters. The average molecular weight is 584 g/mol. The molecule has 2 aliphatic carbocycles. The van der Waals surface area contributed by atoms with Crippen molar-refractivity contribution in [3.05, 3.63) is 39.7 Å². The molecule has 41 heavy (non-hydrogen) atoms. The van der Waals surface area contributed by atoms with Crippen LogP contribution in [0.4, 0.5) is 0 Å². The van der Waals surface area contributed by atoms with Crippen LogP contribution in [0.1, 0.15) is 80.4 Å². The van der Waals surface area contributed by atoms with Gasteiger partial charge in [-0.2, -0.15) is 0 Å². The highest BCUT2D eigenvalue weighted by Gasteiger charge is 2.54. The Hall–Kier alpha value is -3.14. The number of carbonyl (C=O) groups excluding carboxylic acids is 2. The summed E-state index contributed by atoms with van der Waals surface area (Å²) in [5.41, 5.74) is 2.26. The molecule has 1 aromatic heterocycles. The number of aryl methyl sites for hydroxylation is 1. The number of amides is 2. The highest BCUT2D eigenvalue weighted by atomic mass is 35.5. The zero-order chi connectivity index (χ0) is 29.1. The molecule has 10 nitrogen and oxygen atoms in total. The third-order valence-electron chi connectivity index (χ3n) is 10.2. The van der Waals surface area contributed by atoms with E-state index in [-0.39, 0.29) is 23.8 Å². The van der Waals surface area contributed by atoms with Gasteiger partial charge >= 0.3 is 5.97 Å². The van der Waals surface area contributed by atoms with Gasteiger partial charge < -0.3 is 19.6 Å². The van der Waals surface area contributed by atoms with Crippen molar-refractivity contribution in [3.8, 4) is 5.75 Å². The van der Waals surface area contributed by atoms with Gasteiger partial charge in [0.2, 0.25) is 11.8 Å². The summed E-state index contributed by atoms with van der Waals surface area (Å²) >= 11 is 6.75. The lowest BCUT2D eigenvalue weighted by molar-refractivity contribution is -0.162. The molecule has 2 aliphatic heterocycles. The summed E-state index contributed by atoms with van der Waals surface area (Å²) in [6.07, 6.45) is 5.79. The van der Waals surface area contributed by atoms with Crippen molar-refractivity contribution >= 4 is 29.4 Å². The number of carboxylic acid groups (broad SMARTS) is 1. The molecule has 220 valence electrons. The van der Waals surface area contributed by atoms with E-state index in [4.69, 9.17) is 16.3 Å². The first-order valence-electron chi connectivity index (χ1n) is 14.6. The molecule has 3 fully saturated rings. The number of hydrogen-bond donors (Lipinski definition) is 1. The van der Waals surface area contributed by atoms with Crippen molar-refractivity contribution in [2.45, 2.75) is 77.9 Å². The highest BCUT2D eigenvalue weighted by Crippen LogP contribution is 2.54. The Kier molecular flexibility index (Phi) is 7.03. The van der Waals surface area contributed by atoms with E-state index in [1.165, 1.54) is 0 Å². The van der Waals surface area contributed by atoms with Gasteiger partial charge in [0, 0.05) is 43.7 Å². The third kappa shape index (κ3) is 4.87. The molecular weight excluding hydrogens is 546 g/mol. The van der Waals surface area contributed by atoms with Crippen LogP contribution in [0.5, 0.6) is 5.75 Å². The van der Waals surface area contributed by atoms with Crippen molar-refractivity contribution < 1.29 is 24.2 Å². The summed E-state index contributed by atoms with van der Waals surface area (Å²) < 4.78 is 8.05. The molecule has 11 heteroatoms. The van der Waals surface area contributed by atoms with E-state index in [0.29, 0.717) is 61.8 Å². The highest BCUT2D eigenvalue weighted by molar-refractivity contribution is 6.31. The number of ether oxygens (including phenoxy) is 1. The van der Waals surface area contributed by atoms with Crippen LogP contribution in [0, 0.1) is 23.7 Å². The number of nitrogens with zero attached hydrogens (tertiary/aromatic N) is 5. The minimum absolute atomic E-state index is 0.0752. The number of benzene rings is 1. The molecule has 6 rings (SSSR count). The Morgan fingerprint density at radius 2 is 2.00 bits per heavy atom. The van der Waals surface area contributed by atoms with Gasteiger partial charge in [-0.05, 0) is 69.1 Å². The molecule has 2 saturated carbocycles. The normalized spacial score (nSPS) is 26.8. The molecular formula is C30H38ClN5O5. The number of hydrogen-bond acceptors (Lipinski definition) is 6. The molecule has 0 bridgehead atoms. The first-order valence-corrected chi connectivity index (χ1v) is 15.0. The quantitative estimate of drug-likeness (QED) is 0.522. The van der Waals surface area contributed by atoms with Gasteiger partial charge in [-0.25, -0.2) is 0 Å². The number of likely N-dealkylation sites (tertiary alicyclic amines) is 1. The van der Waals surface area contributed by atoms with E-state index in [2.05, 4.69) is 10.3 Å². The first-order chi connectivity index (χ1) is 19.5. The van der Waals surface area contributed by atoms with Gasteiger partial charge in [0.05, 0.1) is 23.1 Å².